The van der Waals surface area contributed by atoms with Crippen LogP contribution in [0, 0.1) is 11.6 Å². The van der Waals surface area contributed by atoms with E-state index in [9.17, 15) is 22.0 Å². The second-order valence-electron chi connectivity index (χ2n) is 7.99. The Bertz CT molecular complexity index is 1640. The Morgan fingerprint density at radius 2 is 1.86 bits per heavy atom. The van der Waals surface area contributed by atoms with E-state index in [1.165, 1.54) is 40.8 Å². The van der Waals surface area contributed by atoms with Crippen molar-refractivity contribution in [1.29, 1.82) is 0 Å². The molecule has 1 aromatic heterocycles. The number of benzene rings is 3. The number of nitrogens with one attached hydrogen (secondary N) is 1. The molecule has 7 nitrogen and oxygen atoms in total. The molecule has 0 saturated heterocycles. The number of hydrogen-bond acceptors (Lipinski definition) is 6. The zero-order valence-corrected chi connectivity index (χ0v) is 21.2. The predicted octanol–water partition coefficient (Wildman–Crippen LogP) is 5.51. The van der Waals surface area contributed by atoms with Crippen molar-refractivity contribution in [3.8, 4) is 11.3 Å². The molecule has 188 valence electrons. The second-order valence-corrected chi connectivity index (χ2v) is 11.2. The summed E-state index contributed by atoms with van der Waals surface area (Å²) in [6.45, 7) is -0.0688. The minimum atomic E-state index is -4.05. The molecule has 1 amide bonds. The summed E-state index contributed by atoms with van der Waals surface area (Å²) in [5.41, 5.74) is 2.01. The average molecular weight is 559 g/mol. The van der Waals surface area contributed by atoms with E-state index in [0.29, 0.717) is 22.5 Å². The molecular formula is C25H17ClF2N4O3S2. The second kappa shape index (κ2) is 10.1. The molecule has 37 heavy (non-hydrogen) atoms. The van der Waals surface area contributed by atoms with Gasteiger partial charge in [-0.1, -0.05) is 53.7 Å². The van der Waals surface area contributed by atoms with Gasteiger partial charge in [-0.15, -0.1) is 0 Å². The Hall–Kier alpha value is -3.54. The van der Waals surface area contributed by atoms with Crippen LogP contribution in [0.3, 0.4) is 0 Å². The summed E-state index contributed by atoms with van der Waals surface area (Å²) in [5.74, 6) is -1.53. The molecule has 0 radical (unpaired) electrons. The van der Waals surface area contributed by atoms with Crippen LogP contribution in [0.2, 0.25) is 5.02 Å². The number of fused-ring (bicyclic) bond motifs is 3. The van der Waals surface area contributed by atoms with Crippen LogP contribution in [0.15, 0.2) is 83.0 Å². The molecule has 0 bridgehead atoms. The predicted molar refractivity (Wildman–Crippen MR) is 138 cm³/mol. The van der Waals surface area contributed by atoms with Gasteiger partial charge in [-0.25, -0.2) is 27.2 Å². The topological polar surface area (TPSA) is 92.3 Å². The number of thioether (sulfide) groups is 1. The number of nitrogens with zero attached hydrogens (tertiary/aromatic N) is 3. The SMILES string of the molecule is O=C(CSc1ncc2c(n1)-c1ccccc1N(Cc1cccc(F)c1)S2(=O)=O)Nc1ccc(F)c(Cl)c1. The summed E-state index contributed by atoms with van der Waals surface area (Å²) in [6, 6.07) is 16.5. The fourth-order valence-corrected chi connectivity index (χ4v) is 6.17. The van der Waals surface area contributed by atoms with Gasteiger partial charge in [-0.05, 0) is 42.0 Å². The number of aromatic nitrogens is 2. The number of para-hydroxylation sites is 1. The minimum Gasteiger partial charge on any atom is -0.325 e. The van der Waals surface area contributed by atoms with E-state index >= 15 is 0 Å². The molecule has 12 heteroatoms. The summed E-state index contributed by atoms with van der Waals surface area (Å²) in [7, 11) is -4.05. The van der Waals surface area contributed by atoms with Crippen molar-refractivity contribution in [3.63, 3.8) is 0 Å². The molecule has 1 aliphatic rings. The lowest BCUT2D eigenvalue weighted by Crippen LogP contribution is -2.34. The van der Waals surface area contributed by atoms with Crippen molar-refractivity contribution in [3.05, 3.63) is 95.1 Å². The zero-order chi connectivity index (χ0) is 26.2. The highest BCUT2D eigenvalue weighted by molar-refractivity contribution is 7.99. The van der Waals surface area contributed by atoms with E-state index in [2.05, 4.69) is 15.3 Å². The number of carbonyl (C=O) groups is 1. The van der Waals surface area contributed by atoms with Gasteiger partial charge in [0.15, 0.2) is 5.16 Å². The number of halogens is 3. The van der Waals surface area contributed by atoms with Crippen LogP contribution in [-0.2, 0) is 21.4 Å². The van der Waals surface area contributed by atoms with Crippen LogP contribution >= 0.6 is 23.4 Å². The first kappa shape index (κ1) is 25.1. The summed E-state index contributed by atoms with van der Waals surface area (Å²) in [6.07, 6.45) is 1.21. The first-order valence-electron chi connectivity index (χ1n) is 10.8. The highest BCUT2D eigenvalue weighted by Gasteiger charge is 2.36. The Morgan fingerprint density at radius 3 is 2.65 bits per heavy atom. The Kier molecular flexibility index (Phi) is 6.84. The molecule has 0 unspecified atom stereocenters. The van der Waals surface area contributed by atoms with E-state index < -0.39 is 27.6 Å². The van der Waals surface area contributed by atoms with Crippen molar-refractivity contribution in [2.75, 3.05) is 15.4 Å². The fraction of sp³-hybridized carbons (Fsp3) is 0.0800. The monoisotopic (exact) mass is 558 g/mol. The van der Waals surface area contributed by atoms with Crippen molar-refractivity contribution in [1.82, 2.24) is 9.97 Å². The molecular weight excluding hydrogens is 542 g/mol. The van der Waals surface area contributed by atoms with Crippen LogP contribution in [0.4, 0.5) is 20.2 Å². The Morgan fingerprint density at radius 1 is 1.05 bits per heavy atom. The number of anilines is 2. The highest BCUT2D eigenvalue weighted by Crippen LogP contribution is 2.42. The Labute approximate surface area is 220 Å². The fourth-order valence-electron chi connectivity index (χ4n) is 3.82. The van der Waals surface area contributed by atoms with Gasteiger partial charge in [-0.2, -0.15) is 0 Å². The maximum absolute atomic E-state index is 13.7. The van der Waals surface area contributed by atoms with E-state index in [1.807, 2.05) is 0 Å². The summed E-state index contributed by atoms with van der Waals surface area (Å²) >= 11 is 6.76. The molecule has 0 atom stereocenters. The normalized spacial score (nSPS) is 13.5. The number of amides is 1. The standard InChI is InChI=1S/C25H17ClF2N4O3S2/c26-19-11-17(8-9-20(19)28)30-23(33)14-36-25-29-12-22-24(31-25)18-6-1-2-7-21(18)32(37(22,34)35)13-15-4-3-5-16(27)10-15/h1-12H,13-14H2,(H,30,33). The molecule has 0 saturated carbocycles. The first-order chi connectivity index (χ1) is 17.7. The lowest BCUT2D eigenvalue weighted by molar-refractivity contribution is -0.113. The molecule has 0 fully saturated rings. The van der Waals surface area contributed by atoms with Crippen LogP contribution in [0.5, 0.6) is 0 Å². The van der Waals surface area contributed by atoms with Crippen molar-refractivity contribution in [2.45, 2.75) is 16.6 Å². The van der Waals surface area contributed by atoms with Crippen molar-refractivity contribution >= 4 is 50.7 Å². The molecule has 1 N–H and O–H groups in total. The maximum atomic E-state index is 13.7. The van der Waals surface area contributed by atoms with Gasteiger partial charge < -0.3 is 5.32 Å². The van der Waals surface area contributed by atoms with Gasteiger partial charge in [0.25, 0.3) is 10.0 Å². The molecule has 2 heterocycles. The van der Waals surface area contributed by atoms with Crippen molar-refractivity contribution in [2.24, 2.45) is 0 Å². The van der Waals surface area contributed by atoms with Crippen molar-refractivity contribution < 1.29 is 22.0 Å². The summed E-state index contributed by atoms with van der Waals surface area (Å²) in [5, 5.41) is 2.70. The molecule has 0 aliphatic carbocycles. The zero-order valence-electron chi connectivity index (χ0n) is 18.9. The van der Waals surface area contributed by atoms with Gasteiger partial charge in [-0.3, -0.25) is 9.10 Å². The smallest absolute Gasteiger partial charge is 0.268 e. The van der Waals surface area contributed by atoms with Crippen LogP contribution < -0.4 is 9.62 Å². The lowest BCUT2D eigenvalue weighted by Gasteiger charge is -2.31. The van der Waals surface area contributed by atoms with E-state index in [4.69, 9.17) is 11.6 Å². The first-order valence-corrected chi connectivity index (χ1v) is 13.6. The quantitative estimate of drug-likeness (QED) is 0.248. The minimum absolute atomic E-state index is 0.0688. The molecule has 1 aliphatic heterocycles. The van der Waals surface area contributed by atoms with E-state index in [-0.39, 0.29) is 33.1 Å². The van der Waals surface area contributed by atoms with E-state index in [1.54, 1.807) is 30.3 Å². The maximum Gasteiger partial charge on any atom is 0.268 e. The largest absolute Gasteiger partial charge is 0.325 e. The molecule has 3 aromatic carbocycles. The number of carbonyl (C=O) groups excluding carboxylic acids is 1. The molecule has 0 spiro atoms. The molecule has 5 rings (SSSR count). The van der Waals surface area contributed by atoms with Gasteiger partial charge >= 0.3 is 0 Å². The third kappa shape index (κ3) is 5.15. The van der Waals surface area contributed by atoms with Gasteiger partial charge in [0.2, 0.25) is 5.91 Å². The van der Waals surface area contributed by atoms with Gasteiger partial charge in [0.1, 0.15) is 16.5 Å². The van der Waals surface area contributed by atoms with Crippen LogP contribution in [0.25, 0.3) is 11.3 Å². The number of hydrogen-bond donors (Lipinski definition) is 1. The summed E-state index contributed by atoms with van der Waals surface area (Å²) < 4.78 is 55.3. The third-order valence-electron chi connectivity index (χ3n) is 5.48. The average Bonchev–Trinajstić information content (AvgIpc) is 2.87. The third-order valence-corrected chi connectivity index (χ3v) is 8.39. The highest BCUT2D eigenvalue weighted by atomic mass is 35.5. The lowest BCUT2D eigenvalue weighted by atomic mass is 10.1. The van der Waals surface area contributed by atoms with Gasteiger partial charge in [0, 0.05) is 11.3 Å². The molecule has 4 aromatic rings. The van der Waals surface area contributed by atoms with Gasteiger partial charge in [0.05, 0.1) is 34.9 Å². The van der Waals surface area contributed by atoms with Crippen LogP contribution in [-0.4, -0.2) is 30.0 Å². The van der Waals surface area contributed by atoms with Crippen LogP contribution in [0.1, 0.15) is 5.56 Å². The number of sulfonamides is 1. The van der Waals surface area contributed by atoms with E-state index in [0.717, 1.165) is 17.8 Å². The summed E-state index contributed by atoms with van der Waals surface area (Å²) in [4.78, 5) is 20.9. The Balaban J connectivity index is 1.40. The number of rotatable bonds is 6.